The quantitative estimate of drug-likeness (QED) is 0.388. The van der Waals surface area contributed by atoms with Crippen LogP contribution in [0.25, 0.3) is 0 Å². The zero-order chi connectivity index (χ0) is 14.3. The molecule has 0 spiro atoms. The maximum atomic E-state index is 11.4. The van der Waals surface area contributed by atoms with Crippen molar-refractivity contribution in [2.24, 2.45) is 10.2 Å². The van der Waals surface area contributed by atoms with E-state index in [9.17, 15) is 4.79 Å². The van der Waals surface area contributed by atoms with E-state index in [2.05, 4.69) is 26.2 Å². The van der Waals surface area contributed by atoms with Crippen LogP contribution in [-0.4, -0.2) is 24.8 Å². The van der Waals surface area contributed by atoms with Gasteiger partial charge in [-0.1, -0.05) is 15.9 Å². The Morgan fingerprint density at radius 3 is 2.84 bits per heavy atom. The molecule has 0 unspecified atom stereocenters. The second-order valence-corrected chi connectivity index (χ2v) is 4.17. The number of methoxy groups -OCH3 is 1. The lowest BCUT2D eigenvalue weighted by Crippen LogP contribution is -2.05. The van der Waals surface area contributed by atoms with Gasteiger partial charge in [-0.2, -0.15) is 0 Å². The van der Waals surface area contributed by atoms with Crippen LogP contribution in [0, 0.1) is 0 Å². The predicted octanol–water partition coefficient (Wildman–Crippen LogP) is 3.50. The topological polar surface area (TPSA) is 80.5 Å². The van der Waals surface area contributed by atoms with Gasteiger partial charge < -0.3 is 14.6 Å². The van der Waals surface area contributed by atoms with E-state index in [0.717, 1.165) is 4.47 Å². The molecule has 0 atom stereocenters. The number of ether oxygens (including phenoxy) is 2. The Hall–Kier alpha value is -1.89. The number of benzene rings is 1. The molecule has 7 heteroatoms. The first-order valence-electron chi connectivity index (χ1n) is 5.39. The maximum Gasteiger partial charge on any atom is 0.362 e. The molecule has 0 heterocycles. The second kappa shape index (κ2) is 7.52. The molecule has 0 fully saturated rings. The highest BCUT2D eigenvalue weighted by atomic mass is 79.9. The summed E-state index contributed by atoms with van der Waals surface area (Å²) in [6, 6.07) is 5.12. The third kappa shape index (κ3) is 4.36. The molecule has 0 aliphatic heterocycles. The van der Waals surface area contributed by atoms with Gasteiger partial charge in [-0.05, 0) is 25.1 Å². The number of hydrogen-bond acceptors (Lipinski definition) is 6. The molecule has 0 aliphatic carbocycles. The molecule has 1 N–H and O–H groups in total. The van der Waals surface area contributed by atoms with E-state index in [1.165, 1.54) is 7.11 Å². The lowest BCUT2D eigenvalue weighted by atomic mass is 10.3. The summed E-state index contributed by atoms with van der Waals surface area (Å²) in [5, 5.41) is 16.4. The summed E-state index contributed by atoms with van der Waals surface area (Å²) in [4.78, 5) is 11.4. The van der Waals surface area contributed by atoms with Crippen molar-refractivity contribution in [1.82, 2.24) is 0 Å². The van der Waals surface area contributed by atoms with Gasteiger partial charge >= 0.3 is 5.97 Å². The van der Waals surface area contributed by atoms with Crippen LogP contribution in [-0.2, 0) is 9.53 Å². The Balaban J connectivity index is 2.94. The van der Waals surface area contributed by atoms with Crippen LogP contribution in [0.2, 0.25) is 0 Å². The summed E-state index contributed by atoms with van der Waals surface area (Å²) in [6.07, 6.45) is 0.548. The molecule has 0 bridgehead atoms. The van der Waals surface area contributed by atoms with Crippen molar-refractivity contribution < 1.29 is 19.4 Å². The van der Waals surface area contributed by atoms with Crippen molar-refractivity contribution in [2.75, 3.05) is 13.7 Å². The van der Waals surface area contributed by atoms with Crippen LogP contribution in [0.4, 0.5) is 5.69 Å². The van der Waals surface area contributed by atoms with Crippen LogP contribution in [0.1, 0.15) is 6.92 Å². The Morgan fingerprint density at radius 2 is 2.26 bits per heavy atom. The van der Waals surface area contributed by atoms with Crippen molar-refractivity contribution in [1.29, 1.82) is 0 Å². The number of nitrogens with zero attached hydrogens (tertiary/aromatic N) is 2. The van der Waals surface area contributed by atoms with Crippen molar-refractivity contribution >= 4 is 27.6 Å². The summed E-state index contributed by atoms with van der Waals surface area (Å²) < 4.78 is 10.6. The number of azo groups is 1. The first-order valence-corrected chi connectivity index (χ1v) is 6.18. The van der Waals surface area contributed by atoms with Gasteiger partial charge in [0.1, 0.15) is 17.7 Å². The number of carbonyl (C=O) groups excluding carboxylic acids is 1. The van der Waals surface area contributed by atoms with Crippen molar-refractivity contribution in [3.63, 3.8) is 0 Å². The number of carbonyl (C=O) groups is 1. The number of esters is 1. The maximum absolute atomic E-state index is 11.4. The third-order valence-electron chi connectivity index (χ3n) is 2.01. The summed E-state index contributed by atoms with van der Waals surface area (Å²) in [5.41, 5.74) is 0.140. The molecule has 0 aliphatic rings. The standard InChI is InChI=1S/C12H13BrN2O4/c1-3-19-12(17)10(7-16)15-14-9-5-4-8(13)6-11(9)18-2/h4-7,16H,3H2,1-2H3/b10-7-,15-14-. The zero-order valence-corrected chi connectivity index (χ0v) is 12.0. The summed E-state index contributed by atoms with van der Waals surface area (Å²) in [5.74, 6) is -0.260. The molecule has 102 valence electrons. The first-order chi connectivity index (χ1) is 9.12. The van der Waals surface area contributed by atoms with Gasteiger partial charge in [-0.3, -0.25) is 0 Å². The smallest absolute Gasteiger partial charge is 0.362 e. The van der Waals surface area contributed by atoms with Gasteiger partial charge in [-0.15, -0.1) is 10.2 Å². The first kappa shape index (κ1) is 15.2. The zero-order valence-electron chi connectivity index (χ0n) is 10.5. The Bertz CT molecular complexity index is 514. The minimum Gasteiger partial charge on any atom is -0.513 e. The molecule has 19 heavy (non-hydrogen) atoms. The minimum absolute atomic E-state index is 0.188. The Labute approximate surface area is 118 Å². The molecule has 0 saturated heterocycles. The minimum atomic E-state index is -0.746. The fourth-order valence-corrected chi connectivity index (χ4v) is 1.51. The van der Waals surface area contributed by atoms with Crippen molar-refractivity contribution in [3.05, 3.63) is 34.6 Å². The van der Waals surface area contributed by atoms with Crippen molar-refractivity contribution in [3.8, 4) is 5.75 Å². The SMILES string of the molecule is CCOC(=O)C(=C/O)/N=N\c1ccc(Br)cc1OC. The average molecular weight is 329 g/mol. The van der Waals surface area contributed by atoms with E-state index < -0.39 is 5.97 Å². The fourth-order valence-electron chi connectivity index (χ4n) is 1.17. The van der Waals surface area contributed by atoms with Gasteiger partial charge in [0.2, 0.25) is 5.70 Å². The van der Waals surface area contributed by atoms with Gasteiger partial charge in [0.25, 0.3) is 0 Å². The highest BCUT2D eigenvalue weighted by molar-refractivity contribution is 9.10. The second-order valence-electron chi connectivity index (χ2n) is 3.25. The molecule has 1 aromatic rings. The van der Waals surface area contributed by atoms with Crippen LogP contribution >= 0.6 is 15.9 Å². The Morgan fingerprint density at radius 1 is 1.53 bits per heavy atom. The summed E-state index contributed by atoms with van der Waals surface area (Å²) in [7, 11) is 1.49. The van der Waals surface area contributed by atoms with Crippen molar-refractivity contribution in [2.45, 2.75) is 6.92 Å². The van der Waals surface area contributed by atoms with Crippen LogP contribution in [0.5, 0.6) is 5.75 Å². The number of hydrogen-bond donors (Lipinski definition) is 1. The summed E-state index contributed by atoms with van der Waals surface area (Å²) >= 11 is 3.30. The predicted molar refractivity (Wildman–Crippen MR) is 72.6 cm³/mol. The normalized spacial score (nSPS) is 11.6. The van der Waals surface area contributed by atoms with E-state index in [1.807, 2.05) is 0 Å². The van der Waals surface area contributed by atoms with E-state index >= 15 is 0 Å². The van der Waals surface area contributed by atoms with Crippen LogP contribution in [0.15, 0.2) is 44.9 Å². The largest absolute Gasteiger partial charge is 0.513 e. The van der Waals surface area contributed by atoms with E-state index in [1.54, 1.807) is 25.1 Å². The van der Waals surface area contributed by atoms with Gasteiger partial charge in [0.05, 0.1) is 13.7 Å². The van der Waals surface area contributed by atoms with Gasteiger partial charge in [0.15, 0.2) is 0 Å². The fraction of sp³-hybridized carbons (Fsp3) is 0.250. The molecule has 1 aromatic carbocycles. The highest BCUT2D eigenvalue weighted by Gasteiger charge is 2.10. The highest BCUT2D eigenvalue weighted by Crippen LogP contribution is 2.31. The van der Waals surface area contributed by atoms with Crippen LogP contribution in [0.3, 0.4) is 0 Å². The lowest BCUT2D eigenvalue weighted by molar-refractivity contribution is -0.138. The molecule has 0 amide bonds. The number of halogens is 1. The molecular weight excluding hydrogens is 316 g/mol. The third-order valence-corrected chi connectivity index (χ3v) is 2.51. The van der Waals surface area contributed by atoms with E-state index in [4.69, 9.17) is 14.6 Å². The molecule has 0 saturated carbocycles. The lowest BCUT2D eigenvalue weighted by Gasteiger charge is -2.04. The monoisotopic (exact) mass is 328 g/mol. The van der Waals surface area contributed by atoms with Gasteiger partial charge in [-0.25, -0.2) is 4.79 Å². The molecule has 0 aromatic heterocycles. The number of aliphatic hydroxyl groups is 1. The Kier molecular flexibility index (Phi) is 6.01. The molecular formula is C12H13BrN2O4. The van der Waals surface area contributed by atoms with E-state index in [0.29, 0.717) is 17.7 Å². The molecule has 1 rings (SSSR count). The summed E-state index contributed by atoms with van der Waals surface area (Å²) in [6.45, 7) is 1.84. The van der Waals surface area contributed by atoms with Crippen LogP contribution < -0.4 is 4.74 Å². The molecule has 6 nitrogen and oxygen atoms in total. The number of rotatable bonds is 5. The van der Waals surface area contributed by atoms with E-state index in [-0.39, 0.29) is 12.3 Å². The molecule has 0 radical (unpaired) electrons. The number of aliphatic hydroxyl groups excluding tert-OH is 1. The average Bonchev–Trinajstić information content (AvgIpc) is 2.41. The van der Waals surface area contributed by atoms with Gasteiger partial charge in [0, 0.05) is 4.47 Å².